The number of fused-ring (bicyclic) bond motifs is 2. The van der Waals surface area contributed by atoms with Crippen LogP contribution in [0.3, 0.4) is 0 Å². The summed E-state index contributed by atoms with van der Waals surface area (Å²) in [7, 11) is 0. The molecule has 4 heterocycles. The Labute approximate surface area is 152 Å². The molecule has 0 aromatic heterocycles. The fourth-order valence-electron chi connectivity index (χ4n) is 4.64. The van der Waals surface area contributed by atoms with Crippen LogP contribution in [0, 0.1) is 11.8 Å². The van der Waals surface area contributed by atoms with Gasteiger partial charge in [-0.3, -0.25) is 9.59 Å². The minimum atomic E-state index is -1.45. The number of hydrogen-bond donors (Lipinski definition) is 2. The van der Waals surface area contributed by atoms with E-state index in [9.17, 15) is 24.6 Å². The molecule has 0 radical (unpaired) electrons. The van der Waals surface area contributed by atoms with Crippen molar-refractivity contribution in [1.82, 2.24) is 4.90 Å². The van der Waals surface area contributed by atoms with E-state index in [0.717, 1.165) is 0 Å². The second-order valence-corrected chi connectivity index (χ2v) is 7.03. The average Bonchev–Trinajstić information content (AvgIpc) is 3.35. The molecule has 4 aliphatic rings. The molecule has 4 aliphatic heterocycles. The van der Waals surface area contributed by atoms with E-state index in [1.807, 2.05) is 0 Å². The van der Waals surface area contributed by atoms with Crippen LogP contribution in [0.15, 0.2) is 30.4 Å². The normalized spacial score (nSPS) is 35.0. The molecule has 2 fully saturated rings. The summed E-state index contributed by atoms with van der Waals surface area (Å²) in [5.41, 5.74) is -0.798. The van der Waals surface area contributed by atoms with Crippen LogP contribution in [0.1, 0.15) is 5.56 Å². The highest BCUT2D eigenvalue weighted by atomic mass is 16.7. The molecular formula is C18H15NO8. The van der Waals surface area contributed by atoms with Gasteiger partial charge in [0, 0.05) is 6.54 Å². The van der Waals surface area contributed by atoms with Crippen molar-refractivity contribution < 1.29 is 38.8 Å². The molecule has 9 nitrogen and oxygen atoms in total. The topological polar surface area (TPSA) is 123 Å². The minimum Gasteiger partial charge on any atom is -0.481 e. The quantitative estimate of drug-likeness (QED) is 0.720. The molecule has 1 spiro atoms. The smallest absolute Gasteiger partial charge is 0.329 e. The zero-order chi connectivity index (χ0) is 18.9. The van der Waals surface area contributed by atoms with Crippen LogP contribution in [-0.4, -0.2) is 57.5 Å². The fraction of sp³-hybridized carbons (Fsp3) is 0.389. The largest absolute Gasteiger partial charge is 0.481 e. The van der Waals surface area contributed by atoms with Gasteiger partial charge in [-0.05, 0) is 17.7 Å². The maximum atomic E-state index is 13.1. The Bertz CT molecular complexity index is 911. The number of likely N-dealkylation sites (tertiary alicyclic amines) is 1. The standard InChI is InChI=1S/C18H15NO8/c20-15-13-12(16(21)22)10-3-4-18(13,27-10)14(17(23)24)19(15)6-8-1-2-9-11(5-8)26-7-25-9/h1-5,10,12-14H,6-7H2,(H,21,22)(H,23,24). The first-order chi connectivity index (χ1) is 12.9. The molecule has 1 aromatic carbocycles. The number of benzene rings is 1. The molecule has 27 heavy (non-hydrogen) atoms. The van der Waals surface area contributed by atoms with E-state index in [0.29, 0.717) is 17.1 Å². The van der Waals surface area contributed by atoms with Crippen LogP contribution < -0.4 is 9.47 Å². The van der Waals surface area contributed by atoms with Crippen LogP contribution >= 0.6 is 0 Å². The van der Waals surface area contributed by atoms with Crippen LogP contribution in [0.4, 0.5) is 0 Å². The molecule has 2 bridgehead atoms. The van der Waals surface area contributed by atoms with Crippen molar-refractivity contribution in [3.63, 3.8) is 0 Å². The number of nitrogens with zero attached hydrogens (tertiary/aromatic N) is 1. The maximum absolute atomic E-state index is 13.1. The Morgan fingerprint density at radius 2 is 1.96 bits per heavy atom. The third-order valence-electron chi connectivity index (χ3n) is 5.68. The third kappa shape index (κ3) is 2.00. The van der Waals surface area contributed by atoms with Gasteiger partial charge in [-0.15, -0.1) is 0 Å². The Morgan fingerprint density at radius 1 is 1.19 bits per heavy atom. The number of ether oxygens (including phenoxy) is 3. The van der Waals surface area contributed by atoms with Crippen LogP contribution in [0.25, 0.3) is 0 Å². The molecular weight excluding hydrogens is 358 g/mol. The summed E-state index contributed by atoms with van der Waals surface area (Å²) in [6, 6.07) is 3.79. The SMILES string of the molecule is O=C(O)C1C2C=CC3(O2)C1C(=O)N(Cc1ccc2c(c1)OCO2)C3C(=O)O. The summed E-state index contributed by atoms with van der Waals surface area (Å²) in [5.74, 6) is -3.98. The highest BCUT2D eigenvalue weighted by molar-refractivity contribution is 5.97. The first-order valence-corrected chi connectivity index (χ1v) is 8.44. The fourth-order valence-corrected chi connectivity index (χ4v) is 4.64. The molecule has 1 aromatic rings. The Hall–Kier alpha value is -3.07. The predicted octanol–water partition coefficient (Wildman–Crippen LogP) is 0.235. The molecule has 9 heteroatoms. The van der Waals surface area contributed by atoms with Gasteiger partial charge in [-0.2, -0.15) is 0 Å². The lowest BCUT2D eigenvalue weighted by Gasteiger charge is -2.29. The van der Waals surface area contributed by atoms with Crippen molar-refractivity contribution in [2.45, 2.75) is 24.3 Å². The highest BCUT2D eigenvalue weighted by Crippen LogP contribution is 2.55. The Balaban J connectivity index is 1.53. The van der Waals surface area contributed by atoms with E-state index in [-0.39, 0.29) is 13.3 Å². The first kappa shape index (κ1) is 16.1. The van der Waals surface area contributed by atoms with E-state index in [1.54, 1.807) is 24.3 Å². The van der Waals surface area contributed by atoms with Crippen LogP contribution in [0.5, 0.6) is 11.5 Å². The molecule has 2 saturated heterocycles. The monoisotopic (exact) mass is 373 g/mol. The Kier molecular flexibility index (Phi) is 3.12. The summed E-state index contributed by atoms with van der Waals surface area (Å²) in [6.45, 7) is 0.101. The van der Waals surface area contributed by atoms with Crippen molar-refractivity contribution in [2.24, 2.45) is 11.8 Å². The van der Waals surface area contributed by atoms with Crippen molar-refractivity contribution >= 4 is 17.8 Å². The van der Waals surface area contributed by atoms with Gasteiger partial charge in [-0.25, -0.2) is 4.79 Å². The van der Waals surface area contributed by atoms with E-state index in [4.69, 9.17) is 14.2 Å². The summed E-state index contributed by atoms with van der Waals surface area (Å²) in [4.78, 5) is 38.0. The van der Waals surface area contributed by atoms with E-state index in [2.05, 4.69) is 0 Å². The molecule has 5 atom stereocenters. The van der Waals surface area contributed by atoms with E-state index in [1.165, 1.54) is 11.0 Å². The van der Waals surface area contributed by atoms with E-state index < -0.39 is 47.4 Å². The Morgan fingerprint density at radius 3 is 2.70 bits per heavy atom. The van der Waals surface area contributed by atoms with Crippen molar-refractivity contribution in [1.29, 1.82) is 0 Å². The summed E-state index contributed by atoms with van der Waals surface area (Å²) < 4.78 is 16.3. The number of rotatable bonds is 4. The number of carbonyl (C=O) groups excluding carboxylic acids is 1. The lowest BCUT2D eigenvalue weighted by molar-refractivity contribution is -0.153. The third-order valence-corrected chi connectivity index (χ3v) is 5.68. The highest BCUT2D eigenvalue weighted by Gasteiger charge is 2.73. The van der Waals surface area contributed by atoms with Crippen LogP contribution in [0.2, 0.25) is 0 Å². The molecule has 0 saturated carbocycles. The van der Waals surface area contributed by atoms with Gasteiger partial charge in [0.25, 0.3) is 0 Å². The number of hydrogen-bond acceptors (Lipinski definition) is 6. The molecule has 2 N–H and O–H groups in total. The van der Waals surface area contributed by atoms with Crippen molar-refractivity contribution in [3.8, 4) is 11.5 Å². The first-order valence-electron chi connectivity index (χ1n) is 8.44. The van der Waals surface area contributed by atoms with Gasteiger partial charge < -0.3 is 29.3 Å². The molecule has 5 unspecified atom stereocenters. The predicted molar refractivity (Wildman–Crippen MR) is 85.9 cm³/mol. The van der Waals surface area contributed by atoms with Crippen LogP contribution in [-0.2, 0) is 25.7 Å². The number of carboxylic acid groups (broad SMARTS) is 2. The zero-order valence-electron chi connectivity index (χ0n) is 13.9. The van der Waals surface area contributed by atoms with Gasteiger partial charge in [0.15, 0.2) is 17.5 Å². The zero-order valence-corrected chi connectivity index (χ0v) is 13.9. The number of amides is 1. The average molecular weight is 373 g/mol. The molecule has 5 rings (SSSR count). The second-order valence-electron chi connectivity index (χ2n) is 7.03. The lowest BCUT2D eigenvalue weighted by Crippen LogP contribution is -2.50. The maximum Gasteiger partial charge on any atom is 0.329 e. The summed E-state index contributed by atoms with van der Waals surface area (Å²) >= 11 is 0. The number of carbonyl (C=O) groups is 3. The van der Waals surface area contributed by atoms with Gasteiger partial charge >= 0.3 is 11.9 Å². The molecule has 0 aliphatic carbocycles. The van der Waals surface area contributed by atoms with Gasteiger partial charge in [0.05, 0.1) is 12.0 Å². The second kappa shape index (κ2) is 5.23. The van der Waals surface area contributed by atoms with Gasteiger partial charge in [-0.1, -0.05) is 18.2 Å². The summed E-state index contributed by atoms with van der Waals surface area (Å²) in [6.07, 6.45) is 2.30. The molecule has 140 valence electrons. The van der Waals surface area contributed by atoms with Gasteiger partial charge in [0.1, 0.15) is 11.5 Å². The number of aliphatic carboxylic acids is 2. The number of carboxylic acids is 2. The lowest BCUT2D eigenvalue weighted by atomic mass is 9.75. The van der Waals surface area contributed by atoms with Crippen molar-refractivity contribution in [3.05, 3.63) is 35.9 Å². The minimum absolute atomic E-state index is 0.00110. The molecule has 1 amide bonds. The van der Waals surface area contributed by atoms with Gasteiger partial charge in [0.2, 0.25) is 12.7 Å². The summed E-state index contributed by atoms with van der Waals surface area (Å²) in [5, 5.41) is 19.4. The van der Waals surface area contributed by atoms with E-state index >= 15 is 0 Å². The van der Waals surface area contributed by atoms with Crippen molar-refractivity contribution in [2.75, 3.05) is 6.79 Å².